The zero-order chi connectivity index (χ0) is 22.6. The maximum atomic E-state index is 12.7. The molecule has 0 saturated heterocycles. The van der Waals surface area contributed by atoms with Crippen molar-refractivity contribution in [2.75, 3.05) is 11.1 Å². The molecule has 0 aromatic heterocycles. The van der Waals surface area contributed by atoms with Gasteiger partial charge >= 0.3 is 6.03 Å². The highest BCUT2D eigenvalue weighted by molar-refractivity contribution is 7.91. The fourth-order valence-corrected chi connectivity index (χ4v) is 5.97. The molecule has 1 fully saturated rings. The number of hydrogen-bond acceptors (Lipinski definition) is 4. The van der Waals surface area contributed by atoms with Crippen molar-refractivity contribution in [1.29, 1.82) is 0 Å². The van der Waals surface area contributed by atoms with Gasteiger partial charge in [-0.05, 0) is 74.4 Å². The summed E-state index contributed by atoms with van der Waals surface area (Å²) >= 11 is 12.2. The van der Waals surface area contributed by atoms with Crippen LogP contribution in [-0.2, 0) is 9.84 Å². The molecule has 1 unspecified atom stereocenters. The first-order valence-electron chi connectivity index (χ1n) is 10.3. The smallest absolute Gasteiger partial charge is 0.319 e. The first-order valence-corrected chi connectivity index (χ1v) is 12.7. The lowest BCUT2D eigenvalue weighted by atomic mass is 9.88. The lowest BCUT2D eigenvalue weighted by Crippen LogP contribution is -2.31. The third-order valence-corrected chi connectivity index (χ3v) is 8.35. The van der Waals surface area contributed by atoms with Gasteiger partial charge in [-0.25, -0.2) is 13.2 Å². The van der Waals surface area contributed by atoms with Gasteiger partial charge in [0.25, 0.3) is 0 Å². The summed E-state index contributed by atoms with van der Waals surface area (Å²) in [4.78, 5) is 12.6. The van der Waals surface area contributed by atoms with Gasteiger partial charge in [-0.15, -0.1) is 0 Å². The van der Waals surface area contributed by atoms with Crippen LogP contribution in [0.2, 0.25) is 10.0 Å². The molecule has 168 valence electrons. The van der Waals surface area contributed by atoms with E-state index >= 15 is 0 Å². The Morgan fingerprint density at radius 1 is 1.10 bits per heavy atom. The highest BCUT2D eigenvalue weighted by Crippen LogP contribution is 2.30. The van der Waals surface area contributed by atoms with Gasteiger partial charge in [-0.1, -0.05) is 35.3 Å². The van der Waals surface area contributed by atoms with Crippen molar-refractivity contribution in [3.8, 4) is 0 Å². The molecule has 2 aromatic rings. The molecular weight excluding hydrogens is 457 g/mol. The molecule has 0 aliphatic heterocycles. The molecular formula is C22H27Cl2N3O3S. The van der Waals surface area contributed by atoms with E-state index in [1.807, 2.05) is 0 Å². The molecule has 6 nitrogen and oxygen atoms in total. The summed E-state index contributed by atoms with van der Waals surface area (Å²) in [5.41, 5.74) is 7.10. The van der Waals surface area contributed by atoms with E-state index in [4.69, 9.17) is 28.9 Å². The molecule has 0 radical (unpaired) electrons. The van der Waals surface area contributed by atoms with E-state index in [0.29, 0.717) is 21.3 Å². The van der Waals surface area contributed by atoms with Crippen molar-refractivity contribution >= 4 is 44.8 Å². The Balaban J connectivity index is 1.58. The molecule has 1 aliphatic carbocycles. The predicted molar refractivity (Wildman–Crippen MR) is 125 cm³/mol. The largest absolute Gasteiger partial charge is 0.331 e. The Bertz CT molecular complexity index is 1020. The number of hydrogen-bond donors (Lipinski definition) is 3. The van der Waals surface area contributed by atoms with E-state index < -0.39 is 15.9 Å². The van der Waals surface area contributed by atoms with Crippen molar-refractivity contribution in [2.45, 2.75) is 49.6 Å². The fourth-order valence-electron chi connectivity index (χ4n) is 3.80. The van der Waals surface area contributed by atoms with Crippen LogP contribution in [0.1, 0.15) is 44.2 Å². The molecule has 1 saturated carbocycles. The number of benzene rings is 2. The molecule has 2 aromatic carbocycles. The molecule has 2 amide bonds. The van der Waals surface area contributed by atoms with Crippen molar-refractivity contribution in [3.63, 3.8) is 0 Å². The van der Waals surface area contributed by atoms with Crippen LogP contribution in [0.15, 0.2) is 47.4 Å². The standard InChI is InChI=1S/C22H27Cl2N3O3S/c1-14(19-3-2-4-20(23)21(19)24)26-22(28)27-17-9-11-18(12-10-17)31(29,30)13-15-5-7-16(25)8-6-15/h2-4,9-12,14-16H,5-8,13,25H2,1H3,(H2,26,27,28). The van der Waals surface area contributed by atoms with Gasteiger partial charge in [-0.3, -0.25) is 0 Å². The second-order valence-electron chi connectivity index (χ2n) is 8.05. The third kappa shape index (κ3) is 6.35. The van der Waals surface area contributed by atoms with Crippen LogP contribution in [0.5, 0.6) is 0 Å². The number of sulfone groups is 1. The first kappa shape index (κ1) is 23.9. The van der Waals surface area contributed by atoms with Gasteiger partial charge < -0.3 is 16.4 Å². The van der Waals surface area contributed by atoms with E-state index in [1.54, 1.807) is 37.3 Å². The molecule has 31 heavy (non-hydrogen) atoms. The van der Waals surface area contributed by atoms with Crippen molar-refractivity contribution < 1.29 is 13.2 Å². The summed E-state index contributed by atoms with van der Waals surface area (Å²) in [7, 11) is -3.38. The lowest BCUT2D eigenvalue weighted by molar-refractivity contribution is 0.249. The zero-order valence-corrected chi connectivity index (χ0v) is 19.6. The number of anilines is 1. The van der Waals surface area contributed by atoms with Crippen LogP contribution in [-0.4, -0.2) is 26.2 Å². The van der Waals surface area contributed by atoms with E-state index in [0.717, 1.165) is 25.7 Å². The lowest BCUT2D eigenvalue weighted by Gasteiger charge is -2.25. The molecule has 3 rings (SSSR count). The average molecular weight is 484 g/mol. The molecule has 0 heterocycles. The number of amides is 2. The van der Waals surface area contributed by atoms with Gasteiger partial charge in [0, 0.05) is 11.7 Å². The number of halogens is 2. The van der Waals surface area contributed by atoms with Crippen LogP contribution < -0.4 is 16.4 Å². The maximum Gasteiger partial charge on any atom is 0.319 e. The predicted octanol–water partition coefficient (Wildman–Crippen LogP) is 5.17. The van der Waals surface area contributed by atoms with Gasteiger partial charge in [0.15, 0.2) is 9.84 Å². The second kappa shape index (κ2) is 10.2. The highest BCUT2D eigenvalue weighted by atomic mass is 35.5. The summed E-state index contributed by atoms with van der Waals surface area (Å²) in [5.74, 6) is 0.276. The number of carbonyl (C=O) groups is 1. The summed E-state index contributed by atoms with van der Waals surface area (Å²) in [6.07, 6.45) is 3.43. The molecule has 1 aliphatic rings. The van der Waals surface area contributed by atoms with Crippen molar-refractivity contribution in [2.24, 2.45) is 11.7 Å². The fraction of sp³-hybridized carbons (Fsp3) is 0.409. The van der Waals surface area contributed by atoms with Crippen LogP contribution in [0.25, 0.3) is 0 Å². The average Bonchev–Trinajstić information content (AvgIpc) is 2.72. The highest BCUT2D eigenvalue weighted by Gasteiger charge is 2.25. The number of urea groups is 1. The molecule has 0 bridgehead atoms. The quantitative estimate of drug-likeness (QED) is 0.527. The van der Waals surface area contributed by atoms with Crippen LogP contribution in [0.4, 0.5) is 10.5 Å². The summed E-state index contributed by atoms with van der Waals surface area (Å²) in [5, 5.41) is 6.31. The molecule has 0 spiro atoms. The Hall–Kier alpha value is -1.80. The minimum Gasteiger partial charge on any atom is -0.331 e. The number of nitrogens with one attached hydrogen (secondary N) is 2. The van der Waals surface area contributed by atoms with Gasteiger partial charge in [-0.2, -0.15) is 0 Å². The Labute approximate surface area is 193 Å². The van der Waals surface area contributed by atoms with Crippen molar-refractivity contribution in [1.82, 2.24) is 5.32 Å². The Morgan fingerprint density at radius 3 is 2.39 bits per heavy atom. The minimum atomic E-state index is -3.38. The Kier molecular flexibility index (Phi) is 7.86. The summed E-state index contributed by atoms with van der Waals surface area (Å²) in [6, 6.07) is 10.8. The van der Waals surface area contributed by atoms with Crippen LogP contribution in [0, 0.1) is 5.92 Å². The maximum absolute atomic E-state index is 12.7. The van der Waals surface area contributed by atoms with Gasteiger partial charge in [0.05, 0.1) is 26.7 Å². The normalized spacial score (nSPS) is 20.1. The first-order chi connectivity index (χ1) is 14.7. The summed E-state index contributed by atoms with van der Waals surface area (Å²) in [6.45, 7) is 1.80. The van der Waals surface area contributed by atoms with Crippen LogP contribution in [0.3, 0.4) is 0 Å². The molecule has 9 heteroatoms. The third-order valence-electron chi connectivity index (χ3n) is 5.61. The van der Waals surface area contributed by atoms with Gasteiger partial charge in [0.1, 0.15) is 0 Å². The van der Waals surface area contributed by atoms with Gasteiger partial charge in [0.2, 0.25) is 0 Å². The van der Waals surface area contributed by atoms with E-state index in [1.165, 1.54) is 12.1 Å². The SMILES string of the molecule is CC(NC(=O)Nc1ccc(S(=O)(=O)CC2CCC(N)CC2)cc1)c1cccc(Cl)c1Cl. The van der Waals surface area contributed by atoms with E-state index in [2.05, 4.69) is 10.6 Å². The molecule has 1 atom stereocenters. The van der Waals surface area contributed by atoms with E-state index in [-0.39, 0.29) is 28.6 Å². The van der Waals surface area contributed by atoms with Crippen LogP contribution >= 0.6 is 23.2 Å². The Morgan fingerprint density at radius 2 is 1.74 bits per heavy atom. The number of rotatable bonds is 6. The monoisotopic (exact) mass is 483 g/mol. The summed E-state index contributed by atoms with van der Waals surface area (Å²) < 4.78 is 25.4. The zero-order valence-electron chi connectivity index (χ0n) is 17.3. The minimum absolute atomic E-state index is 0.130. The van der Waals surface area contributed by atoms with E-state index in [9.17, 15) is 13.2 Å². The topological polar surface area (TPSA) is 101 Å². The van der Waals surface area contributed by atoms with Crippen molar-refractivity contribution in [3.05, 3.63) is 58.1 Å². The number of nitrogens with two attached hydrogens (primary N) is 1. The molecule has 4 N–H and O–H groups in total. The second-order valence-corrected chi connectivity index (χ2v) is 10.9. The number of carbonyl (C=O) groups excluding carboxylic acids is 1.